The maximum atomic E-state index is 12.9. The van der Waals surface area contributed by atoms with E-state index in [1.54, 1.807) is 30.5 Å². The highest BCUT2D eigenvalue weighted by atomic mass is 35.5. The first-order valence-electron chi connectivity index (χ1n) is 11.5. The van der Waals surface area contributed by atoms with E-state index in [0.717, 1.165) is 22.0 Å². The predicted molar refractivity (Wildman–Crippen MR) is 146 cm³/mol. The minimum absolute atomic E-state index is 0.152. The van der Waals surface area contributed by atoms with Crippen LogP contribution in [-0.2, 0) is 11.3 Å². The Bertz CT molecular complexity index is 1430. The molecule has 184 valence electrons. The fourth-order valence-electron chi connectivity index (χ4n) is 3.94. The van der Waals surface area contributed by atoms with Gasteiger partial charge < -0.3 is 9.88 Å². The topological polar surface area (TPSA) is 75.5 Å². The number of nitrogens with zero attached hydrogens (tertiary/aromatic N) is 2. The number of benzene rings is 3. The molecule has 0 fully saturated rings. The van der Waals surface area contributed by atoms with E-state index in [1.165, 1.54) is 0 Å². The molecule has 4 aromatic rings. The third-order valence-corrected chi connectivity index (χ3v) is 6.42. The largest absolute Gasteiger partial charge is 0.342 e. The molecule has 8 heteroatoms. The molecule has 1 atom stereocenters. The number of amides is 2. The van der Waals surface area contributed by atoms with Crippen LogP contribution in [0.1, 0.15) is 35.3 Å². The summed E-state index contributed by atoms with van der Waals surface area (Å²) in [4.78, 5) is 25.5. The van der Waals surface area contributed by atoms with Gasteiger partial charge in [0.1, 0.15) is 6.04 Å². The van der Waals surface area contributed by atoms with E-state index < -0.39 is 11.9 Å². The summed E-state index contributed by atoms with van der Waals surface area (Å²) in [6, 6.07) is 21.5. The molecule has 0 saturated carbocycles. The molecule has 0 spiro atoms. The Hall–Kier alpha value is -3.61. The van der Waals surface area contributed by atoms with Crippen LogP contribution in [0.15, 0.2) is 84.1 Å². The lowest BCUT2D eigenvalue weighted by atomic mass is 10.0. The number of hydrogen-bond acceptors (Lipinski definition) is 3. The Labute approximate surface area is 219 Å². The molecule has 6 nitrogen and oxygen atoms in total. The number of aromatic nitrogens is 1. The summed E-state index contributed by atoms with van der Waals surface area (Å²) in [6.07, 6.45) is 3.59. The van der Waals surface area contributed by atoms with Crippen LogP contribution in [0.4, 0.5) is 0 Å². The SMILES string of the molecule is CC(C)C(NC(=O)c1cccc(Cl)c1)C(=O)N/N=C\c1cn(Cc2ccccc2Cl)c2ccccc12. The van der Waals surface area contributed by atoms with Crippen LogP contribution in [0.25, 0.3) is 10.9 Å². The molecule has 0 bridgehead atoms. The highest BCUT2D eigenvalue weighted by Gasteiger charge is 2.24. The first-order valence-corrected chi connectivity index (χ1v) is 12.3. The lowest BCUT2D eigenvalue weighted by molar-refractivity contribution is -0.123. The van der Waals surface area contributed by atoms with E-state index in [9.17, 15) is 9.59 Å². The Kier molecular flexibility index (Phi) is 8.08. The summed E-state index contributed by atoms with van der Waals surface area (Å²) in [7, 11) is 0. The molecule has 1 aromatic heterocycles. The number of carbonyl (C=O) groups excluding carboxylic acids is 2. The van der Waals surface area contributed by atoms with Crippen molar-refractivity contribution in [2.45, 2.75) is 26.4 Å². The molecule has 0 radical (unpaired) electrons. The van der Waals surface area contributed by atoms with E-state index >= 15 is 0 Å². The van der Waals surface area contributed by atoms with Gasteiger partial charge in [0, 0.05) is 44.8 Å². The van der Waals surface area contributed by atoms with Crippen molar-refractivity contribution in [1.29, 1.82) is 0 Å². The van der Waals surface area contributed by atoms with Gasteiger partial charge >= 0.3 is 0 Å². The van der Waals surface area contributed by atoms with Gasteiger partial charge in [0.2, 0.25) is 0 Å². The summed E-state index contributed by atoms with van der Waals surface area (Å²) in [5.74, 6) is -0.935. The number of halogens is 2. The zero-order chi connectivity index (χ0) is 25.7. The standard InChI is InChI=1S/C28H26Cl2N4O2/c1-18(2)26(32-27(35)19-9-7-10-22(29)14-19)28(36)33-31-15-21-17-34(25-13-6-4-11-23(21)25)16-20-8-3-5-12-24(20)30/h3-15,17-18,26H,16H2,1-2H3,(H,32,35)(H,33,36)/b31-15-. The summed E-state index contributed by atoms with van der Waals surface area (Å²) in [5.41, 5.74) is 5.84. The second kappa shape index (κ2) is 11.4. The molecule has 3 aromatic carbocycles. The van der Waals surface area contributed by atoms with Crippen molar-refractivity contribution in [2.24, 2.45) is 11.0 Å². The highest BCUT2D eigenvalue weighted by Crippen LogP contribution is 2.23. The maximum Gasteiger partial charge on any atom is 0.262 e. The molecule has 4 rings (SSSR count). The van der Waals surface area contributed by atoms with Crippen molar-refractivity contribution in [2.75, 3.05) is 0 Å². The molecular weight excluding hydrogens is 495 g/mol. The van der Waals surface area contributed by atoms with Crippen LogP contribution in [0.5, 0.6) is 0 Å². The van der Waals surface area contributed by atoms with E-state index in [4.69, 9.17) is 23.2 Å². The van der Waals surface area contributed by atoms with Crippen molar-refractivity contribution in [3.05, 3.63) is 106 Å². The lowest BCUT2D eigenvalue weighted by Crippen LogP contribution is -2.48. The first kappa shape index (κ1) is 25.5. The maximum absolute atomic E-state index is 12.9. The first-order chi connectivity index (χ1) is 17.3. The van der Waals surface area contributed by atoms with E-state index in [-0.39, 0.29) is 11.8 Å². The van der Waals surface area contributed by atoms with Gasteiger partial charge in [0.15, 0.2) is 0 Å². The summed E-state index contributed by atoms with van der Waals surface area (Å²) < 4.78 is 2.10. The number of fused-ring (bicyclic) bond motifs is 1. The summed E-state index contributed by atoms with van der Waals surface area (Å²) in [5, 5.41) is 9.12. The fraction of sp³-hybridized carbons (Fsp3) is 0.179. The molecule has 36 heavy (non-hydrogen) atoms. The molecule has 2 amide bonds. The average Bonchev–Trinajstić information content (AvgIpc) is 3.21. The van der Waals surface area contributed by atoms with Gasteiger partial charge in [-0.3, -0.25) is 9.59 Å². The highest BCUT2D eigenvalue weighted by molar-refractivity contribution is 6.31. The van der Waals surface area contributed by atoms with Gasteiger partial charge in [-0.25, -0.2) is 5.43 Å². The van der Waals surface area contributed by atoms with Gasteiger partial charge in [-0.2, -0.15) is 5.10 Å². The lowest BCUT2D eigenvalue weighted by Gasteiger charge is -2.20. The van der Waals surface area contributed by atoms with Crippen LogP contribution in [0, 0.1) is 5.92 Å². The zero-order valence-electron chi connectivity index (χ0n) is 19.9. The van der Waals surface area contributed by atoms with Crippen LogP contribution in [-0.4, -0.2) is 28.6 Å². The molecule has 0 aliphatic heterocycles. The molecule has 2 N–H and O–H groups in total. The minimum Gasteiger partial charge on any atom is -0.342 e. The molecule has 1 unspecified atom stereocenters. The number of hydrogen-bond donors (Lipinski definition) is 2. The normalized spacial score (nSPS) is 12.2. The van der Waals surface area contributed by atoms with Crippen molar-refractivity contribution in [1.82, 2.24) is 15.3 Å². The van der Waals surface area contributed by atoms with E-state index in [2.05, 4.69) is 20.4 Å². The van der Waals surface area contributed by atoms with E-state index in [0.29, 0.717) is 22.2 Å². The fourth-order valence-corrected chi connectivity index (χ4v) is 4.33. The zero-order valence-corrected chi connectivity index (χ0v) is 21.4. The van der Waals surface area contributed by atoms with E-state index in [1.807, 2.05) is 68.6 Å². The molecular formula is C28H26Cl2N4O2. The van der Waals surface area contributed by atoms with Gasteiger partial charge in [0.25, 0.3) is 11.8 Å². The number of hydrazone groups is 1. The van der Waals surface area contributed by atoms with Gasteiger partial charge in [-0.1, -0.05) is 79.5 Å². The predicted octanol–water partition coefficient (Wildman–Crippen LogP) is 5.90. The van der Waals surface area contributed by atoms with Crippen molar-refractivity contribution >= 4 is 52.1 Å². The van der Waals surface area contributed by atoms with Crippen molar-refractivity contribution in [3.63, 3.8) is 0 Å². The average molecular weight is 521 g/mol. The van der Waals surface area contributed by atoms with Gasteiger partial charge in [-0.15, -0.1) is 0 Å². The number of rotatable bonds is 8. The number of carbonyl (C=O) groups is 2. The molecule has 0 saturated heterocycles. The summed E-state index contributed by atoms with van der Waals surface area (Å²) >= 11 is 12.4. The molecule has 0 aliphatic rings. The molecule has 1 heterocycles. The van der Waals surface area contributed by atoms with Crippen LogP contribution < -0.4 is 10.7 Å². The van der Waals surface area contributed by atoms with Crippen LogP contribution in [0.2, 0.25) is 10.0 Å². The monoisotopic (exact) mass is 520 g/mol. The second-order valence-electron chi connectivity index (χ2n) is 8.76. The third kappa shape index (κ3) is 5.96. The van der Waals surface area contributed by atoms with Crippen molar-refractivity contribution < 1.29 is 9.59 Å². The van der Waals surface area contributed by atoms with Gasteiger partial charge in [0.05, 0.1) is 6.21 Å². The second-order valence-corrected chi connectivity index (χ2v) is 9.60. The Morgan fingerprint density at radius 1 is 1.00 bits per heavy atom. The molecule has 0 aliphatic carbocycles. The number of para-hydroxylation sites is 1. The van der Waals surface area contributed by atoms with Crippen molar-refractivity contribution in [3.8, 4) is 0 Å². The Morgan fingerprint density at radius 3 is 2.50 bits per heavy atom. The third-order valence-electron chi connectivity index (χ3n) is 5.82. The quantitative estimate of drug-likeness (QED) is 0.224. The van der Waals surface area contributed by atoms with Gasteiger partial charge in [-0.05, 0) is 41.8 Å². The number of nitrogens with one attached hydrogen (secondary N) is 2. The Balaban J connectivity index is 1.49. The Morgan fingerprint density at radius 2 is 1.75 bits per heavy atom. The van der Waals surface area contributed by atoms with Crippen LogP contribution >= 0.6 is 23.2 Å². The smallest absolute Gasteiger partial charge is 0.262 e. The minimum atomic E-state index is -0.768. The summed E-state index contributed by atoms with van der Waals surface area (Å²) in [6.45, 7) is 4.31. The van der Waals surface area contributed by atoms with Crippen LogP contribution in [0.3, 0.4) is 0 Å².